The summed E-state index contributed by atoms with van der Waals surface area (Å²) in [6.07, 6.45) is 47.3. The zero-order valence-corrected chi connectivity index (χ0v) is 61.1. The first-order valence-corrected chi connectivity index (χ1v) is 40.3. The predicted octanol–water partition coefficient (Wildman–Crippen LogP) is 20.6. The molecule has 0 saturated heterocycles. The zero-order chi connectivity index (χ0) is 67.3. The number of phosphoric acid groups is 2. The fourth-order valence-corrected chi connectivity index (χ4v) is 12.5. The summed E-state index contributed by atoms with van der Waals surface area (Å²) in [5, 5.41) is 10.6. The normalized spacial score (nSPS) is 14.2. The van der Waals surface area contributed by atoms with Gasteiger partial charge in [-0.2, -0.15) is 0 Å². The molecule has 0 spiro atoms. The van der Waals surface area contributed by atoms with Crippen LogP contribution in [0.1, 0.15) is 363 Å². The molecule has 0 fully saturated rings. The van der Waals surface area contributed by atoms with Crippen LogP contribution in [0.3, 0.4) is 0 Å². The van der Waals surface area contributed by atoms with E-state index in [4.69, 9.17) is 37.0 Å². The molecule has 0 aromatic rings. The lowest BCUT2D eigenvalue weighted by molar-refractivity contribution is -0.161. The Morgan fingerprint density at radius 1 is 0.297 bits per heavy atom. The average molecular weight is 1340 g/mol. The van der Waals surface area contributed by atoms with Gasteiger partial charge in [-0.3, -0.25) is 37.3 Å². The van der Waals surface area contributed by atoms with Crippen molar-refractivity contribution in [2.45, 2.75) is 381 Å². The number of hydrogen-bond acceptors (Lipinski definition) is 15. The van der Waals surface area contributed by atoms with Crippen molar-refractivity contribution in [1.29, 1.82) is 0 Å². The molecule has 0 aromatic carbocycles. The summed E-state index contributed by atoms with van der Waals surface area (Å²) in [5.74, 6) is 0.0675. The van der Waals surface area contributed by atoms with Crippen LogP contribution in [0.4, 0.5) is 0 Å². The van der Waals surface area contributed by atoms with Crippen molar-refractivity contribution in [3.8, 4) is 0 Å². The largest absolute Gasteiger partial charge is 0.472 e. The van der Waals surface area contributed by atoms with Crippen molar-refractivity contribution in [3.05, 3.63) is 0 Å². The van der Waals surface area contributed by atoms with Gasteiger partial charge in [-0.15, -0.1) is 0 Å². The molecule has 17 nitrogen and oxygen atoms in total. The highest BCUT2D eigenvalue weighted by molar-refractivity contribution is 7.47. The van der Waals surface area contributed by atoms with E-state index >= 15 is 0 Å². The van der Waals surface area contributed by atoms with E-state index < -0.39 is 97.5 Å². The number of carbonyl (C=O) groups excluding carboxylic acids is 4. The quantitative estimate of drug-likeness (QED) is 0.0222. The van der Waals surface area contributed by atoms with Crippen LogP contribution >= 0.6 is 15.6 Å². The summed E-state index contributed by atoms with van der Waals surface area (Å²) < 4.78 is 68.3. The van der Waals surface area contributed by atoms with Crippen molar-refractivity contribution in [3.63, 3.8) is 0 Å². The molecule has 0 saturated carbocycles. The molecular formula is C72H140O17P2. The second-order valence-electron chi connectivity index (χ2n) is 27.4. The number of aliphatic hydroxyl groups excluding tert-OH is 1. The highest BCUT2D eigenvalue weighted by atomic mass is 31.2. The second kappa shape index (κ2) is 62.8. The number of phosphoric ester groups is 2. The molecule has 0 aromatic heterocycles. The third-order valence-corrected chi connectivity index (χ3v) is 18.5. The molecule has 19 heteroatoms. The average Bonchev–Trinajstić information content (AvgIpc) is 2.75. The Hall–Kier alpha value is -1.94. The van der Waals surface area contributed by atoms with Crippen LogP contribution < -0.4 is 0 Å². The Morgan fingerprint density at radius 2 is 0.505 bits per heavy atom. The third-order valence-electron chi connectivity index (χ3n) is 16.6. The van der Waals surface area contributed by atoms with E-state index in [1.54, 1.807) is 0 Å². The summed E-state index contributed by atoms with van der Waals surface area (Å²) in [4.78, 5) is 72.6. The van der Waals surface area contributed by atoms with Gasteiger partial charge < -0.3 is 33.8 Å². The zero-order valence-electron chi connectivity index (χ0n) is 59.3. The minimum atomic E-state index is -4.95. The van der Waals surface area contributed by atoms with Crippen LogP contribution in [0.15, 0.2) is 0 Å². The summed E-state index contributed by atoms with van der Waals surface area (Å²) >= 11 is 0. The fraction of sp³-hybridized carbons (Fsp3) is 0.944. The standard InChI is InChI=1S/C72H140O17P2/c1-8-9-10-11-12-13-14-15-16-17-21-26-31-39-46-53-69(74)82-59-67(88-71(76)55-48-41-32-27-22-19-18-20-24-29-36-43-50-63(2)3)61-86-90(78,79)84-57-66(73)58-85-91(80,81)87-62-68(60-83-70(75)54-47-40-35-34-38-45-52-65(6)7)89-72(77)56-49-42-33-28-23-25-30-37-44-51-64(4)5/h63-68,73H,8-62H2,1-7H3,(H,78,79)(H,80,81)/t66-,67-,68-/m1/s1. The molecule has 0 heterocycles. The number of aliphatic hydroxyl groups is 1. The van der Waals surface area contributed by atoms with E-state index in [9.17, 15) is 43.2 Å². The van der Waals surface area contributed by atoms with Crippen molar-refractivity contribution in [2.75, 3.05) is 39.6 Å². The maximum atomic E-state index is 13.0. The Morgan fingerprint density at radius 3 is 0.747 bits per heavy atom. The molecule has 0 aliphatic rings. The van der Waals surface area contributed by atoms with Crippen LogP contribution in [0.2, 0.25) is 0 Å². The van der Waals surface area contributed by atoms with Gasteiger partial charge in [0.2, 0.25) is 0 Å². The minimum Gasteiger partial charge on any atom is -0.462 e. The van der Waals surface area contributed by atoms with E-state index in [1.165, 1.54) is 167 Å². The van der Waals surface area contributed by atoms with E-state index in [1.807, 2.05) is 0 Å². The SMILES string of the molecule is CCCCCCCCCCCCCCCCCC(=O)OC[C@H](COP(=O)(O)OC[C@@H](O)COP(=O)(O)OC[C@@H](COC(=O)CCCCCCCCC(C)C)OC(=O)CCCCCCCCCCCC(C)C)OC(=O)CCCCCCCCCCCCCCC(C)C. The van der Waals surface area contributed by atoms with Crippen molar-refractivity contribution < 1.29 is 80.2 Å². The lowest BCUT2D eigenvalue weighted by atomic mass is 10.0. The summed E-state index contributed by atoms with van der Waals surface area (Å²) in [7, 11) is -9.90. The van der Waals surface area contributed by atoms with E-state index in [2.05, 4.69) is 48.5 Å². The van der Waals surface area contributed by atoms with Crippen LogP contribution in [0.5, 0.6) is 0 Å². The van der Waals surface area contributed by atoms with Crippen molar-refractivity contribution in [2.24, 2.45) is 17.8 Å². The number of carbonyl (C=O) groups is 4. The van der Waals surface area contributed by atoms with Gasteiger partial charge in [-0.05, 0) is 43.4 Å². The van der Waals surface area contributed by atoms with Gasteiger partial charge in [-0.25, -0.2) is 9.13 Å². The lowest BCUT2D eigenvalue weighted by Crippen LogP contribution is -2.30. The molecule has 0 amide bonds. The first kappa shape index (κ1) is 89.1. The topological polar surface area (TPSA) is 237 Å². The number of ether oxygens (including phenoxy) is 4. The fourth-order valence-electron chi connectivity index (χ4n) is 10.9. The smallest absolute Gasteiger partial charge is 0.462 e. The molecule has 540 valence electrons. The number of esters is 4. The molecule has 0 radical (unpaired) electrons. The minimum absolute atomic E-state index is 0.104. The van der Waals surface area contributed by atoms with Crippen LogP contribution in [0, 0.1) is 17.8 Å². The second-order valence-corrected chi connectivity index (χ2v) is 30.3. The number of rotatable bonds is 70. The molecule has 0 bridgehead atoms. The van der Waals surface area contributed by atoms with Gasteiger partial charge in [0.05, 0.1) is 26.4 Å². The van der Waals surface area contributed by atoms with Gasteiger partial charge in [0.25, 0.3) is 0 Å². The van der Waals surface area contributed by atoms with Gasteiger partial charge in [0.1, 0.15) is 19.3 Å². The Kier molecular flexibility index (Phi) is 61.5. The Bertz CT molecular complexity index is 1780. The molecule has 5 atom stereocenters. The molecule has 3 N–H and O–H groups in total. The third kappa shape index (κ3) is 66.5. The summed E-state index contributed by atoms with van der Waals surface area (Å²) in [6, 6.07) is 0. The lowest BCUT2D eigenvalue weighted by Gasteiger charge is -2.21. The highest BCUT2D eigenvalue weighted by Gasteiger charge is 2.30. The number of unbranched alkanes of at least 4 members (excludes halogenated alkanes) is 38. The van der Waals surface area contributed by atoms with Crippen LogP contribution in [-0.2, 0) is 65.4 Å². The van der Waals surface area contributed by atoms with E-state index in [0.717, 1.165) is 108 Å². The molecule has 0 aliphatic heterocycles. The molecular weight excluding hydrogens is 1200 g/mol. The maximum Gasteiger partial charge on any atom is 0.472 e. The first-order valence-electron chi connectivity index (χ1n) is 37.3. The van der Waals surface area contributed by atoms with Gasteiger partial charge in [-0.1, -0.05) is 312 Å². The molecule has 0 aliphatic carbocycles. The van der Waals surface area contributed by atoms with E-state index in [-0.39, 0.29) is 25.7 Å². The van der Waals surface area contributed by atoms with Gasteiger partial charge in [0.15, 0.2) is 12.2 Å². The molecule has 91 heavy (non-hydrogen) atoms. The maximum absolute atomic E-state index is 13.0. The van der Waals surface area contributed by atoms with Gasteiger partial charge in [0, 0.05) is 25.7 Å². The number of hydrogen-bond donors (Lipinski definition) is 3. The summed E-state index contributed by atoms with van der Waals surface area (Å²) in [5.41, 5.74) is 0. The van der Waals surface area contributed by atoms with Gasteiger partial charge >= 0.3 is 39.5 Å². The highest BCUT2D eigenvalue weighted by Crippen LogP contribution is 2.45. The monoisotopic (exact) mass is 1340 g/mol. The van der Waals surface area contributed by atoms with Crippen LogP contribution in [0.25, 0.3) is 0 Å². The summed E-state index contributed by atoms with van der Waals surface area (Å²) in [6.45, 7) is 11.8. The molecule has 0 rings (SSSR count). The Labute approximate surface area is 556 Å². The van der Waals surface area contributed by atoms with Crippen molar-refractivity contribution in [1.82, 2.24) is 0 Å². The Balaban J connectivity index is 5.24. The van der Waals surface area contributed by atoms with Crippen molar-refractivity contribution >= 4 is 39.5 Å². The first-order chi connectivity index (χ1) is 43.7. The predicted molar refractivity (Wildman–Crippen MR) is 368 cm³/mol. The van der Waals surface area contributed by atoms with Crippen LogP contribution in [-0.4, -0.2) is 96.7 Å². The molecule has 2 unspecified atom stereocenters. The van der Waals surface area contributed by atoms with E-state index in [0.29, 0.717) is 31.6 Å².